The van der Waals surface area contributed by atoms with Crippen LogP contribution in [0.25, 0.3) is 0 Å². The standard InChI is InChI=1S/C25H34N4O3/c1-19-9-11-21(12-10-19)26-25(31)29-15-13-28(14-16-29)23(20-6-3-4-7-20)24(30)27(2)18-22-8-5-17-32-22/h5,8-12,17,20,23H,3-4,6-7,13-16,18H2,1-2H3,(H,26,31)/t23-/m0/s1. The summed E-state index contributed by atoms with van der Waals surface area (Å²) in [5.74, 6) is 1.34. The lowest BCUT2D eigenvalue weighted by atomic mass is 9.94. The van der Waals surface area contributed by atoms with Gasteiger partial charge < -0.3 is 19.5 Å². The fourth-order valence-corrected chi connectivity index (χ4v) is 4.91. The SMILES string of the molecule is Cc1ccc(NC(=O)N2CCN([C@H](C(=O)N(C)Cc3ccco3)C3CCCC3)CC2)cc1. The van der Waals surface area contributed by atoms with E-state index in [1.807, 2.05) is 55.3 Å². The van der Waals surface area contributed by atoms with Crippen molar-refractivity contribution in [2.24, 2.45) is 5.92 Å². The molecule has 0 radical (unpaired) electrons. The van der Waals surface area contributed by atoms with E-state index in [1.54, 1.807) is 11.2 Å². The van der Waals surface area contributed by atoms with Gasteiger partial charge in [0.15, 0.2) is 0 Å². The van der Waals surface area contributed by atoms with Gasteiger partial charge >= 0.3 is 6.03 Å². The Morgan fingerprint density at radius 2 is 1.78 bits per heavy atom. The van der Waals surface area contributed by atoms with Gasteiger partial charge in [-0.15, -0.1) is 0 Å². The van der Waals surface area contributed by atoms with E-state index in [0.29, 0.717) is 38.6 Å². The highest BCUT2D eigenvalue weighted by molar-refractivity contribution is 5.89. The lowest BCUT2D eigenvalue weighted by Crippen LogP contribution is -2.58. The van der Waals surface area contributed by atoms with E-state index in [9.17, 15) is 9.59 Å². The minimum atomic E-state index is -0.125. The Morgan fingerprint density at radius 1 is 1.09 bits per heavy atom. The van der Waals surface area contributed by atoms with Gasteiger partial charge in [0.1, 0.15) is 5.76 Å². The number of anilines is 1. The Bertz CT molecular complexity index is 882. The third kappa shape index (κ3) is 5.33. The molecule has 2 fully saturated rings. The Labute approximate surface area is 190 Å². The van der Waals surface area contributed by atoms with Crippen molar-refractivity contribution >= 4 is 17.6 Å². The molecule has 4 rings (SSSR count). The number of aryl methyl sites for hydroxylation is 1. The second-order valence-corrected chi connectivity index (χ2v) is 9.08. The van der Waals surface area contributed by atoms with Crippen LogP contribution in [0, 0.1) is 12.8 Å². The van der Waals surface area contributed by atoms with Crippen LogP contribution in [0.3, 0.4) is 0 Å². The van der Waals surface area contributed by atoms with Crippen LogP contribution in [0.5, 0.6) is 0 Å². The number of furan rings is 1. The molecule has 0 spiro atoms. The average molecular weight is 439 g/mol. The molecule has 7 nitrogen and oxygen atoms in total. The van der Waals surface area contributed by atoms with Crippen molar-refractivity contribution in [3.63, 3.8) is 0 Å². The molecule has 32 heavy (non-hydrogen) atoms. The topological polar surface area (TPSA) is 69.0 Å². The van der Waals surface area contributed by atoms with E-state index < -0.39 is 0 Å². The molecule has 1 aromatic heterocycles. The number of piperazine rings is 1. The predicted octanol–water partition coefficient (Wildman–Crippen LogP) is 3.95. The molecule has 7 heteroatoms. The van der Waals surface area contributed by atoms with Crippen LogP contribution >= 0.6 is 0 Å². The summed E-state index contributed by atoms with van der Waals surface area (Å²) in [4.78, 5) is 32.1. The molecule has 1 saturated heterocycles. The molecule has 2 aliphatic rings. The monoisotopic (exact) mass is 438 g/mol. The Morgan fingerprint density at radius 3 is 2.41 bits per heavy atom. The summed E-state index contributed by atoms with van der Waals surface area (Å²) in [6.45, 7) is 5.17. The van der Waals surface area contributed by atoms with Crippen LogP contribution in [-0.2, 0) is 11.3 Å². The summed E-state index contributed by atoms with van der Waals surface area (Å²) >= 11 is 0. The first-order valence-electron chi connectivity index (χ1n) is 11.7. The fourth-order valence-electron chi connectivity index (χ4n) is 4.91. The maximum absolute atomic E-state index is 13.5. The second kappa shape index (κ2) is 10.2. The molecular weight excluding hydrogens is 404 g/mol. The van der Waals surface area contributed by atoms with Crippen molar-refractivity contribution in [3.05, 3.63) is 54.0 Å². The number of rotatable bonds is 6. The molecule has 1 N–H and O–H groups in total. The first-order chi connectivity index (χ1) is 15.5. The molecule has 172 valence electrons. The number of carbonyl (C=O) groups excluding carboxylic acids is 2. The van der Waals surface area contributed by atoms with Gasteiger partial charge in [-0.1, -0.05) is 30.5 Å². The van der Waals surface area contributed by atoms with Gasteiger partial charge in [-0.25, -0.2) is 4.79 Å². The van der Waals surface area contributed by atoms with E-state index in [0.717, 1.165) is 29.9 Å². The maximum Gasteiger partial charge on any atom is 0.321 e. The smallest absolute Gasteiger partial charge is 0.321 e. The summed E-state index contributed by atoms with van der Waals surface area (Å²) in [7, 11) is 1.86. The van der Waals surface area contributed by atoms with Gasteiger partial charge in [0.05, 0.1) is 18.8 Å². The summed E-state index contributed by atoms with van der Waals surface area (Å²) in [6, 6.07) is 11.4. The number of urea groups is 1. The third-order valence-corrected chi connectivity index (χ3v) is 6.75. The quantitative estimate of drug-likeness (QED) is 0.741. The molecule has 0 unspecified atom stereocenters. The lowest BCUT2D eigenvalue weighted by molar-refractivity contribution is -0.139. The third-order valence-electron chi connectivity index (χ3n) is 6.75. The molecule has 1 aliphatic heterocycles. The van der Waals surface area contributed by atoms with Crippen molar-refractivity contribution < 1.29 is 14.0 Å². The van der Waals surface area contributed by atoms with Crippen molar-refractivity contribution in [1.82, 2.24) is 14.7 Å². The van der Waals surface area contributed by atoms with Crippen LogP contribution in [-0.4, -0.2) is 65.9 Å². The summed E-state index contributed by atoms with van der Waals surface area (Å²) in [5.41, 5.74) is 1.97. The highest BCUT2D eigenvalue weighted by Crippen LogP contribution is 2.32. The predicted molar refractivity (Wildman–Crippen MR) is 124 cm³/mol. The van der Waals surface area contributed by atoms with Crippen LogP contribution in [0.15, 0.2) is 47.1 Å². The van der Waals surface area contributed by atoms with Crippen molar-refractivity contribution in [3.8, 4) is 0 Å². The van der Waals surface area contributed by atoms with Crippen molar-refractivity contribution in [1.29, 1.82) is 0 Å². The molecule has 0 bridgehead atoms. The average Bonchev–Trinajstić information content (AvgIpc) is 3.50. The summed E-state index contributed by atoms with van der Waals surface area (Å²) in [6.07, 6.45) is 6.21. The van der Waals surface area contributed by atoms with Gasteiger partial charge in [0.2, 0.25) is 5.91 Å². The molecule has 1 aromatic carbocycles. The molecular formula is C25H34N4O3. The fraction of sp³-hybridized carbons (Fsp3) is 0.520. The van der Waals surface area contributed by atoms with Gasteiger partial charge in [0, 0.05) is 38.9 Å². The second-order valence-electron chi connectivity index (χ2n) is 9.08. The highest BCUT2D eigenvalue weighted by Gasteiger charge is 2.38. The van der Waals surface area contributed by atoms with Gasteiger partial charge in [-0.2, -0.15) is 0 Å². The van der Waals surface area contributed by atoms with E-state index >= 15 is 0 Å². The zero-order valence-corrected chi connectivity index (χ0v) is 19.1. The molecule has 2 heterocycles. The summed E-state index contributed by atoms with van der Waals surface area (Å²) < 4.78 is 5.44. The lowest BCUT2D eigenvalue weighted by Gasteiger charge is -2.41. The first kappa shape index (κ1) is 22.4. The van der Waals surface area contributed by atoms with E-state index in [-0.39, 0.29) is 18.0 Å². The molecule has 1 aliphatic carbocycles. The number of likely N-dealkylation sites (N-methyl/N-ethyl adjacent to an activating group) is 1. The Balaban J connectivity index is 1.37. The van der Waals surface area contributed by atoms with Gasteiger partial charge in [0.25, 0.3) is 0 Å². The zero-order chi connectivity index (χ0) is 22.5. The van der Waals surface area contributed by atoms with Crippen LogP contribution in [0.2, 0.25) is 0 Å². The van der Waals surface area contributed by atoms with E-state index in [4.69, 9.17) is 4.42 Å². The molecule has 1 atom stereocenters. The molecule has 1 saturated carbocycles. The number of carbonyl (C=O) groups is 2. The Hall–Kier alpha value is -2.80. The highest BCUT2D eigenvalue weighted by atomic mass is 16.3. The van der Waals surface area contributed by atoms with E-state index in [1.165, 1.54) is 12.8 Å². The number of nitrogens with zero attached hydrogens (tertiary/aromatic N) is 3. The Kier molecular flexibility index (Phi) is 7.15. The first-order valence-corrected chi connectivity index (χ1v) is 11.7. The number of nitrogens with one attached hydrogen (secondary N) is 1. The van der Waals surface area contributed by atoms with E-state index in [2.05, 4.69) is 10.2 Å². The number of hydrogen-bond acceptors (Lipinski definition) is 4. The van der Waals surface area contributed by atoms with Gasteiger partial charge in [-0.05, 0) is 49.9 Å². The maximum atomic E-state index is 13.5. The van der Waals surface area contributed by atoms with Crippen LogP contribution < -0.4 is 5.32 Å². The summed E-state index contributed by atoms with van der Waals surface area (Å²) in [5, 5.41) is 2.99. The van der Waals surface area contributed by atoms with Gasteiger partial charge in [-0.3, -0.25) is 9.69 Å². The van der Waals surface area contributed by atoms with Crippen LogP contribution in [0.1, 0.15) is 37.0 Å². The minimum Gasteiger partial charge on any atom is -0.467 e. The van der Waals surface area contributed by atoms with Crippen molar-refractivity contribution in [2.45, 2.75) is 45.2 Å². The molecule has 3 amide bonds. The van der Waals surface area contributed by atoms with Crippen molar-refractivity contribution in [2.75, 3.05) is 38.5 Å². The van der Waals surface area contributed by atoms with Crippen LogP contribution in [0.4, 0.5) is 10.5 Å². The molecule has 2 aromatic rings. The normalized spacial score (nSPS) is 18.5. The largest absolute Gasteiger partial charge is 0.467 e. The number of benzene rings is 1. The number of amides is 3. The minimum absolute atomic E-state index is 0.0767. The zero-order valence-electron chi connectivity index (χ0n) is 19.1. The number of hydrogen-bond donors (Lipinski definition) is 1.